The maximum atomic E-state index is 13.2. The number of benzene rings is 2. The van der Waals surface area contributed by atoms with Gasteiger partial charge in [0.1, 0.15) is 5.82 Å². The lowest BCUT2D eigenvalue weighted by molar-refractivity contribution is 0.0368. The highest BCUT2D eigenvalue weighted by Crippen LogP contribution is 2.33. The van der Waals surface area contributed by atoms with Crippen molar-refractivity contribution in [3.8, 4) is 23.1 Å². The molecule has 0 spiro atoms. The van der Waals surface area contributed by atoms with Crippen molar-refractivity contribution in [1.82, 2.24) is 19.0 Å². The van der Waals surface area contributed by atoms with Crippen LogP contribution in [0.1, 0.15) is 28.8 Å². The van der Waals surface area contributed by atoms with Crippen LogP contribution in [0.5, 0.6) is 0 Å². The molecule has 10 heteroatoms. The van der Waals surface area contributed by atoms with E-state index in [0.29, 0.717) is 29.1 Å². The van der Waals surface area contributed by atoms with Crippen molar-refractivity contribution in [2.75, 3.05) is 45.6 Å². The van der Waals surface area contributed by atoms with Gasteiger partial charge in [-0.05, 0) is 42.8 Å². The summed E-state index contributed by atoms with van der Waals surface area (Å²) in [4.78, 5) is 2.40. The average Bonchev–Trinajstić information content (AvgIpc) is 3.27. The Bertz CT molecular complexity index is 1470. The Morgan fingerprint density at radius 3 is 2.55 bits per heavy atom. The van der Waals surface area contributed by atoms with Gasteiger partial charge in [-0.25, -0.2) is 12.8 Å². The number of fused-ring (bicyclic) bond motifs is 1. The van der Waals surface area contributed by atoms with E-state index in [1.54, 1.807) is 18.2 Å². The molecule has 5 rings (SSSR count). The summed E-state index contributed by atoms with van der Waals surface area (Å²) in [5, 5.41) is 5.48. The summed E-state index contributed by atoms with van der Waals surface area (Å²) in [6, 6.07) is 11.5. The number of sulfonamides is 1. The number of hydrogen-bond acceptors (Lipinski definition) is 5. The Hall–Kier alpha value is -2.74. The molecule has 1 saturated heterocycles. The van der Waals surface area contributed by atoms with Gasteiger partial charge in [0, 0.05) is 73.6 Å². The second-order valence-electron chi connectivity index (χ2n) is 9.60. The minimum Gasteiger partial charge on any atom is -0.379 e. The van der Waals surface area contributed by atoms with Crippen LogP contribution in [0.25, 0.3) is 11.3 Å². The molecule has 2 aliphatic rings. The van der Waals surface area contributed by atoms with Crippen LogP contribution in [0.15, 0.2) is 42.5 Å². The van der Waals surface area contributed by atoms with Gasteiger partial charge in [-0.1, -0.05) is 29.5 Å². The molecule has 1 fully saturated rings. The number of ether oxygens (including phenoxy) is 1. The fourth-order valence-corrected chi connectivity index (χ4v) is 5.83. The monoisotopic (exact) mass is 556 g/mol. The van der Waals surface area contributed by atoms with Gasteiger partial charge in [-0.15, -0.1) is 0 Å². The maximum Gasteiger partial charge on any atom is 0.211 e. The zero-order chi connectivity index (χ0) is 26.7. The zero-order valence-corrected chi connectivity index (χ0v) is 22.9. The van der Waals surface area contributed by atoms with E-state index in [1.807, 2.05) is 16.8 Å². The average molecular weight is 557 g/mol. The Labute approximate surface area is 228 Å². The second kappa shape index (κ2) is 11.6. The quantitative estimate of drug-likeness (QED) is 0.432. The van der Waals surface area contributed by atoms with Crippen LogP contribution in [-0.4, -0.2) is 73.1 Å². The third-order valence-electron chi connectivity index (χ3n) is 6.94. The van der Waals surface area contributed by atoms with Crippen molar-refractivity contribution in [3.63, 3.8) is 0 Å². The molecule has 7 nitrogen and oxygen atoms in total. The first kappa shape index (κ1) is 26.9. The first-order valence-electron chi connectivity index (χ1n) is 12.7. The van der Waals surface area contributed by atoms with Crippen LogP contribution in [0.2, 0.25) is 5.02 Å². The number of halogens is 2. The SMILES string of the molecule is CS(=O)(=O)N1CCc2c(c(-c3ccc(Cl)c(C#Cc4ccc(F)cc4)c3)nn2CCCN2CCOCC2)C1. The van der Waals surface area contributed by atoms with E-state index in [2.05, 4.69) is 16.7 Å². The molecule has 0 atom stereocenters. The summed E-state index contributed by atoms with van der Waals surface area (Å²) in [6.07, 6.45) is 2.80. The lowest BCUT2D eigenvalue weighted by atomic mass is 10.0. The molecule has 38 heavy (non-hydrogen) atoms. The van der Waals surface area contributed by atoms with E-state index in [9.17, 15) is 12.8 Å². The minimum atomic E-state index is -3.34. The lowest BCUT2D eigenvalue weighted by Crippen LogP contribution is -2.37. The molecule has 0 N–H and O–H groups in total. The van der Waals surface area contributed by atoms with Crippen LogP contribution in [-0.2, 0) is 34.3 Å². The Balaban J connectivity index is 1.45. The third-order valence-corrected chi connectivity index (χ3v) is 8.52. The largest absolute Gasteiger partial charge is 0.379 e. The Morgan fingerprint density at radius 2 is 1.82 bits per heavy atom. The van der Waals surface area contributed by atoms with Crippen molar-refractivity contribution in [1.29, 1.82) is 0 Å². The van der Waals surface area contributed by atoms with Gasteiger partial charge >= 0.3 is 0 Å². The lowest BCUT2D eigenvalue weighted by Gasteiger charge is -2.27. The van der Waals surface area contributed by atoms with Crippen LogP contribution in [0, 0.1) is 17.7 Å². The molecule has 0 unspecified atom stereocenters. The van der Waals surface area contributed by atoms with Gasteiger partial charge < -0.3 is 4.74 Å². The molecule has 0 bridgehead atoms. The smallest absolute Gasteiger partial charge is 0.211 e. The van der Waals surface area contributed by atoms with Crippen molar-refractivity contribution in [3.05, 3.63) is 75.7 Å². The van der Waals surface area contributed by atoms with Gasteiger partial charge in [0.2, 0.25) is 10.0 Å². The number of rotatable bonds is 6. The number of hydrogen-bond donors (Lipinski definition) is 0. The topological polar surface area (TPSA) is 67.7 Å². The molecule has 0 radical (unpaired) electrons. The summed E-state index contributed by atoms with van der Waals surface area (Å²) < 4.78 is 47.0. The van der Waals surface area contributed by atoms with Crippen molar-refractivity contribution >= 4 is 21.6 Å². The van der Waals surface area contributed by atoms with E-state index in [-0.39, 0.29) is 12.4 Å². The second-order valence-corrected chi connectivity index (χ2v) is 12.0. The summed E-state index contributed by atoms with van der Waals surface area (Å²) in [6.45, 7) is 5.87. The molecule has 0 amide bonds. The molecule has 2 aliphatic heterocycles. The standard InChI is InChI=1S/C28H30ClFN4O3S/c1-38(35,36)33-14-11-27-25(20-33)28(31-34(27)13-2-12-32-15-17-37-18-16-32)23-7-10-26(29)22(19-23)6-3-21-4-8-24(30)9-5-21/h4-5,7-10,19H,2,11-18,20H2,1H3. The molecule has 200 valence electrons. The van der Waals surface area contributed by atoms with Crippen molar-refractivity contribution < 1.29 is 17.5 Å². The fourth-order valence-electron chi connectivity index (χ4n) is 4.88. The van der Waals surface area contributed by atoms with E-state index < -0.39 is 10.0 Å². The predicted molar refractivity (Wildman–Crippen MR) is 146 cm³/mol. The Morgan fingerprint density at radius 1 is 1.05 bits per heavy atom. The van der Waals surface area contributed by atoms with E-state index in [0.717, 1.165) is 68.3 Å². The number of nitrogens with zero attached hydrogens (tertiary/aromatic N) is 4. The molecular weight excluding hydrogens is 527 g/mol. The van der Waals surface area contributed by atoms with Crippen LogP contribution in [0.4, 0.5) is 4.39 Å². The molecule has 2 aromatic carbocycles. The van der Waals surface area contributed by atoms with E-state index in [1.165, 1.54) is 22.7 Å². The van der Waals surface area contributed by atoms with Gasteiger partial charge in [-0.2, -0.15) is 9.40 Å². The Kier molecular flexibility index (Phi) is 8.17. The fraction of sp³-hybridized carbons (Fsp3) is 0.393. The molecule has 1 aromatic heterocycles. The van der Waals surface area contributed by atoms with Gasteiger partial charge in [0.05, 0.1) is 30.2 Å². The summed E-state index contributed by atoms with van der Waals surface area (Å²) in [5.41, 5.74) is 4.89. The highest BCUT2D eigenvalue weighted by Gasteiger charge is 2.30. The third kappa shape index (κ3) is 6.28. The number of aryl methyl sites for hydroxylation is 1. The first-order chi connectivity index (χ1) is 18.3. The molecule has 3 aromatic rings. The molecular formula is C28H30ClFN4O3S. The zero-order valence-electron chi connectivity index (χ0n) is 21.3. The first-order valence-corrected chi connectivity index (χ1v) is 14.9. The summed E-state index contributed by atoms with van der Waals surface area (Å²) >= 11 is 6.46. The van der Waals surface area contributed by atoms with Crippen LogP contribution < -0.4 is 0 Å². The summed E-state index contributed by atoms with van der Waals surface area (Å²) in [5.74, 6) is 5.81. The predicted octanol–water partition coefficient (Wildman–Crippen LogP) is 3.78. The van der Waals surface area contributed by atoms with Crippen molar-refractivity contribution in [2.45, 2.75) is 25.9 Å². The van der Waals surface area contributed by atoms with Crippen LogP contribution >= 0.6 is 11.6 Å². The minimum absolute atomic E-state index is 0.284. The molecule has 0 saturated carbocycles. The number of aromatic nitrogens is 2. The van der Waals surface area contributed by atoms with Crippen molar-refractivity contribution in [2.24, 2.45) is 0 Å². The highest BCUT2D eigenvalue weighted by atomic mass is 35.5. The van der Waals surface area contributed by atoms with Gasteiger partial charge in [0.25, 0.3) is 0 Å². The van der Waals surface area contributed by atoms with E-state index >= 15 is 0 Å². The highest BCUT2D eigenvalue weighted by molar-refractivity contribution is 7.88. The van der Waals surface area contributed by atoms with E-state index in [4.69, 9.17) is 21.4 Å². The van der Waals surface area contributed by atoms with Gasteiger partial charge in [-0.3, -0.25) is 9.58 Å². The van der Waals surface area contributed by atoms with Crippen LogP contribution in [0.3, 0.4) is 0 Å². The summed E-state index contributed by atoms with van der Waals surface area (Å²) in [7, 11) is -3.34. The number of morpholine rings is 1. The maximum absolute atomic E-state index is 13.2. The van der Waals surface area contributed by atoms with Gasteiger partial charge in [0.15, 0.2) is 0 Å². The molecule has 0 aliphatic carbocycles. The molecule has 3 heterocycles. The normalized spacial score (nSPS) is 16.6.